The Hall–Kier alpha value is -0.130. The molecule has 0 saturated carbocycles. The van der Waals surface area contributed by atoms with Crippen molar-refractivity contribution in [2.75, 3.05) is 52.2 Å². The van der Waals surface area contributed by atoms with E-state index in [1.165, 1.54) is 4.31 Å². The van der Waals surface area contributed by atoms with E-state index in [4.69, 9.17) is 4.74 Å². The second-order valence-corrected chi connectivity index (χ2v) is 6.17. The second-order valence-electron chi connectivity index (χ2n) is 4.08. The number of methoxy groups -OCH3 is 1. The first-order chi connectivity index (χ1) is 9.51. The van der Waals surface area contributed by atoms with Gasteiger partial charge in [-0.15, -0.1) is 24.0 Å². The summed E-state index contributed by atoms with van der Waals surface area (Å²) < 4.78 is 30.4. The van der Waals surface area contributed by atoms with Gasteiger partial charge in [0.1, 0.15) is 0 Å². The molecule has 0 aromatic carbocycles. The van der Waals surface area contributed by atoms with Crippen molar-refractivity contribution in [2.45, 2.75) is 20.8 Å². The fourth-order valence-electron chi connectivity index (χ4n) is 1.63. The van der Waals surface area contributed by atoms with Gasteiger partial charge in [0, 0.05) is 33.3 Å². The molecule has 0 aliphatic rings. The van der Waals surface area contributed by atoms with Gasteiger partial charge in [0.25, 0.3) is 0 Å². The summed E-state index contributed by atoms with van der Waals surface area (Å²) in [4.78, 5) is 4.27. The average Bonchev–Trinajstić information content (AvgIpc) is 2.39. The van der Waals surface area contributed by atoms with Gasteiger partial charge in [-0.3, -0.25) is 4.99 Å². The quantitative estimate of drug-likeness (QED) is 0.225. The van der Waals surface area contributed by atoms with Crippen molar-refractivity contribution in [3.05, 3.63) is 0 Å². The fourth-order valence-corrected chi connectivity index (χ4v) is 3.04. The van der Waals surface area contributed by atoms with E-state index in [-0.39, 0.29) is 29.7 Å². The average molecular weight is 436 g/mol. The van der Waals surface area contributed by atoms with Crippen LogP contribution in [0.25, 0.3) is 0 Å². The summed E-state index contributed by atoms with van der Waals surface area (Å²) in [6, 6.07) is 0. The number of hydrogen-bond acceptors (Lipinski definition) is 4. The molecular weight excluding hydrogens is 407 g/mol. The number of halogens is 1. The third kappa shape index (κ3) is 10.3. The lowest BCUT2D eigenvalue weighted by atomic mass is 10.6. The maximum absolute atomic E-state index is 12.0. The van der Waals surface area contributed by atoms with Crippen molar-refractivity contribution in [3.63, 3.8) is 0 Å². The smallest absolute Gasteiger partial charge is 0.215 e. The molecule has 0 aliphatic carbocycles. The predicted molar refractivity (Wildman–Crippen MR) is 98.0 cm³/mol. The van der Waals surface area contributed by atoms with Crippen LogP contribution in [0.15, 0.2) is 4.99 Å². The van der Waals surface area contributed by atoms with E-state index >= 15 is 0 Å². The van der Waals surface area contributed by atoms with Crippen LogP contribution in [0.2, 0.25) is 0 Å². The molecule has 0 bridgehead atoms. The number of nitrogens with zero attached hydrogens (tertiary/aromatic N) is 2. The molecule has 0 saturated heterocycles. The van der Waals surface area contributed by atoms with Gasteiger partial charge in [0.05, 0.1) is 18.9 Å². The molecule has 0 rings (SSSR count). The molecule has 0 aliphatic heterocycles. The Balaban J connectivity index is 0. The number of ether oxygens (including phenoxy) is 1. The van der Waals surface area contributed by atoms with Crippen LogP contribution < -0.4 is 10.6 Å². The SMILES string of the molecule is CCNC(=NCCOC)NCCS(=O)(=O)N(CC)CC.I. The third-order valence-corrected chi connectivity index (χ3v) is 4.68. The first-order valence-electron chi connectivity index (χ1n) is 7.00. The van der Waals surface area contributed by atoms with Gasteiger partial charge in [0.2, 0.25) is 10.0 Å². The fraction of sp³-hybridized carbons (Fsp3) is 0.917. The Morgan fingerprint density at radius 3 is 2.29 bits per heavy atom. The molecule has 0 aromatic rings. The summed E-state index contributed by atoms with van der Waals surface area (Å²) in [5, 5.41) is 6.08. The maximum Gasteiger partial charge on any atom is 0.215 e. The minimum Gasteiger partial charge on any atom is -0.383 e. The van der Waals surface area contributed by atoms with E-state index in [2.05, 4.69) is 15.6 Å². The van der Waals surface area contributed by atoms with E-state index in [0.717, 1.165) is 6.54 Å². The van der Waals surface area contributed by atoms with E-state index in [1.54, 1.807) is 7.11 Å². The molecule has 0 heterocycles. The largest absolute Gasteiger partial charge is 0.383 e. The second kappa shape index (κ2) is 13.5. The molecule has 0 amide bonds. The molecular formula is C12H29IN4O3S. The highest BCUT2D eigenvalue weighted by Crippen LogP contribution is 1.99. The van der Waals surface area contributed by atoms with E-state index in [9.17, 15) is 8.42 Å². The van der Waals surface area contributed by atoms with Crippen molar-refractivity contribution in [3.8, 4) is 0 Å². The summed E-state index contributed by atoms with van der Waals surface area (Å²) in [5.74, 6) is 0.669. The highest BCUT2D eigenvalue weighted by Gasteiger charge is 2.18. The zero-order valence-electron chi connectivity index (χ0n) is 13.4. The molecule has 7 nitrogen and oxygen atoms in total. The summed E-state index contributed by atoms with van der Waals surface area (Å²) in [6.45, 7) is 8.76. The molecule has 2 N–H and O–H groups in total. The van der Waals surface area contributed by atoms with Crippen LogP contribution in [0, 0.1) is 0 Å². The Kier molecular flexibility index (Phi) is 14.9. The lowest BCUT2D eigenvalue weighted by molar-refractivity contribution is 0.208. The Labute approximate surface area is 146 Å². The lowest BCUT2D eigenvalue weighted by Gasteiger charge is -2.19. The lowest BCUT2D eigenvalue weighted by Crippen LogP contribution is -2.42. The maximum atomic E-state index is 12.0. The molecule has 0 spiro atoms. The minimum atomic E-state index is -3.19. The molecule has 21 heavy (non-hydrogen) atoms. The molecule has 0 unspecified atom stereocenters. The molecule has 0 radical (unpaired) electrons. The van der Waals surface area contributed by atoms with Crippen LogP contribution in [0.3, 0.4) is 0 Å². The van der Waals surface area contributed by atoms with Crippen molar-refractivity contribution in [2.24, 2.45) is 4.99 Å². The Morgan fingerprint density at radius 1 is 1.19 bits per heavy atom. The number of hydrogen-bond donors (Lipinski definition) is 2. The summed E-state index contributed by atoms with van der Waals surface area (Å²) in [6.07, 6.45) is 0. The number of rotatable bonds is 10. The molecule has 0 fully saturated rings. The van der Waals surface area contributed by atoms with Gasteiger partial charge in [-0.25, -0.2) is 12.7 Å². The third-order valence-electron chi connectivity index (χ3n) is 2.66. The molecule has 9 heteroatoms. The topological polar surface area (TPSA) is 83.0 Å². The van der Waals surface area contributed by atoms with Crippen LogP contribution in [0.1, 0.15) is 20.8 Å². The number of aliphatic imine (C=N–C) groups is 1. The molecule has 128 valence electrons. The van der Waals surface area contributed by atoms with Crippen LogP contribution in [-0.2, 0) is 14.8 Å². The first kappa shape index (κ1) is 23.1. The highest BCUT2D eigenvalue weighted by atomic mass is 127. The van der Waals surface area contributed by atoms with E-state index < -0.39 is 10.0 Å². The van der Waals surface area contributed by atoms with Crippen LogP contribution in [0.4, 0.5) is 0 Å². The van der Waals surface area contributed by atoms with Gasteiger partial charge in [0.15, 0.2) is 5.96 Å². The van der Waals surface area contributed by atoms with Crippen molar-refractivity contribution in [1.82, 2.24) is 14.9 Å². The highest BCUT2D eigenvalue weighted by molar-refractivity contribution is 14.0. The number of guanidine groups is 1. The van der Waals surface area contributed by atoms with Crippen molar-refractivity contribution in [1.29, 1.82) is 0 Å². The Bertz CT molecular complexity index is 373. The standard InChI is InChI=1S/C12H28N4O3S.HI/c1-5-13-12(14-8-10-19-4)15-9-11-20(17,18)16(6-2)7-3;/h5-11H2,1-4H3,(H2,13,14,15);1H. The monoisotopic (exact) mass is 436 g/mol. The molecule has 0 aromatic heterocycles. The van der Waals surface area contributed by atoms with Gasteiger partial charge in [-0.05, 0) is 6.92 Å². The van der Waals surface area contributed by atoms with Crippen LogP contribution >= 0.6 is 24.0 Å². The summed E-state index contributed by atoms with van der Waals surface area (Å²) in [7, 11) is -1.58. The van der Waals surface area contributed by atoms with E-state index in [0.29, 0.717) is 38.7 Å². The summed E-state index contributed by atoms with van der Waals surface area (Å²) >= 11 is 0. The van der Waals surface area contributed by atoms with Gasteiger partial charge in [-0.2, -0.15) is 0 Å². The van der Waals surface area contributed by atoms with Crippen LogP contribution in [0.5, 0.6) is 0 Å². The van der Waals surface area contributed by atoms with Crippen LogP contribution in [-0.4, -0.2) is 70.9 Å². The summed E-state index contributed by atoms with van der Waals surface area (Å²) in [5.41, 5.74) is 0. The van der Waals surface area contributed by atoms with Gasteiger partial charge >= 0.3 is 0 Å². The zero-order valence-corrected chi connectivity index (χ0v) is 16.5. The van der Waals surface area contributed by atoms with Gasteiger partial charge < -0.3 is 15.4 Å². The van der Waals surface area contributed by atoms with Crippen molar-refractivity contribution >= 4 is 40.0 Å². The predicted octanol–water partition coefficient (Wildman–Crippen LogP) is 0.478. The van der Waals surface area contributed by atoms with Crippen molar-refractivity contribution < 1.29 is 13.2 Å². The minimum absolute atomic E-state index is 0. The first-order valence-corrected chi connectivity index (χ1v) is 8.61. The van der Waals surface area contributed by atoms with Gasteiger partial charge in [-0.1, -0.05) is 13.8 Å². The Morgan fingerprint density at radius 2 is 1.81 bits per heavy atom. The van der Waals surface area contributed by atoms with E-state index in [1.807, 2.05) is 20.8 Å². The number of sulfonamides is 1. The normalized spacial score (nSPS) is 12.1. The zero-order chi connectivity index (χ0) is 15.4. The number of nitrogens with one attached hydrogen (secondary N) is 2. The molecule has 0 atom stereocenters.